The molecule has 1 aromatic heterocycles. The standard InChI is InChI=1S/C12H17N5O/c13-17-11-6-14-10(5-15-11)12(18)16-9-4-7-1-2-8(9)3-7/h5-9H,1-4,13H2,(H,15,17)(H,16,18). The smallest absolute Gasteiger partial charge is 0.271 e. The summed E-state index contributed by atoms with van der Waals surface area (Å²) < 4.78 is 0. The van der Waals surface area contributed by atoms with Crippen LogP contribution in [0.5, 0.6) is 0 Å². The van der Waals surface area contributed by atoms with Crippen molar-refractivity contribution in [3.05, 3.63) is 18.1 Å². The molecule has 2 aliphatic carbocycles. The van der Waals surface area contributed by atoms with Crippen molar-refractivity contribution in [3.8, 4) is 0 Å². The molecule has 3 rings (SSSR count). The third kappa shape index (κ3) is 2.03. The third-order valence-electron chi connectivity index (χ3n) is 4.09. The second kappa shape index (κ2) is 4.53. The van der Waals surface area contributed by atoms with Crippen LogP contribution in [0.4, 0.5) is 5.82 Å². The van der Waals surface area contributed by atoms with Gasteiger partial charge in [0.1, 0.15) is 5.69 Å². The van der Waals surface area contributed by atoms with Crippen LogP contribution in [-0.4, -0.2) is 21.9 Å². The van der Waals surface area contributed by atoms with E-state index in [0.717, 1.165) is 12.3 Å². The number of nitrogens with two attached hydrogens (primary N) is 1. The lowest BCUT2D eigenvalue weighted by Crippen LogP contribution is -2.38. The summed E-state index contributed by atoms with van der Waals surface area (Å²) in [5.74, 6) is 6.99. The number of carbonyl (C=O) groups is 1. The molecule has 4 N–H and O–H groups in total. The second-order valence-electron chi connectivity index (χ2n) is 5.19. The third-order valence-corrected chi connectivity index (χ3v) is 4.09. The highest BCUT2D eigenvalue weighted by Crippen LogP contribution is 2.44. The van der Waals surface area contributed by atoms with Gasteiger partial charge in [0.25, 0.3) is 5.91 Å². The van der Waals surface area contributed by atoms with Crippen molar-refractivity contribution in [3.63, 3.8) is 0 Å². The van der Waals surface area contributed by atoms with Crippen LogP contribution in [0.1, 0.15) is 36.2 Å². The number of amides is 1. The number of hydrogen-bond donors (Lipinski definition) is 3. The van der Waals surface area contributed by atoms with E-state index in [1.54, 1.807) is 0 Å². The van der Waals surface area contributed by atoms with E-state index in [-0.39, 0.29) is 5.91 Å². The molecule has 0 spiro atoms. The Bertz CT molecular complexity index is 446. The Morgan fingerprint density at radius 3 is 2.72 bits per heavy atom. The first kappa shape index (κ1) is 11.4. The van der Waals surface area contributed by atoms with Gasteiger partial charge in [0.05, 0.1) is 12.4 Å². The predicted octanol–water partition coefficient (Wildman–Crippen LogP) is 0.681. The van der Waals surface area contributed by atoms with Gasteiger partial charge in [0.2, 0.25) is 0 Å². The second-order valence-corrected chi connectivity index (χ2v) is 5.19. The van der Waals surface area contributed by atoms with Gasteiger partial charge in [-0.25, -0.2) is 15.8 Å². The zero-order chi connectivity index (χ0) is 12.5. The Hall–Kier alpha value is -1.69. The molecule has 3 unspecified atom stereocenters. The van der Waals surface area contributed by atoms with E-state index in [0.29, 0.717) is 23.5 Å². The predicted molar refractivity (Wildman–Crippen MR) is 66.5 cm³/mol. The molecule has 2 aliphatic rings. The molecule has 2 fully saturated rings. The normalized spacial score (nSPS) is 29.3. The molecule has 0 radical (unpaired) electrons. The molecule has 3 atom stereocenters. The summed E-state index contributed by atoms with van der Waals surface area (Å²) in [4.78, 5) is 20.0. The molecule has 18 heavy (non-hydrogen) atoms. The highest BCUT2D eigenvalue weighted by atomic mass is 16.1. The van der Waals surface area contributed by atoms with Crippen molar-refractivity contribution in [2.45, 2.75) is 31.7 Å². The average Bonchev–Trinajstić information content (AvgIpc) is 3.01. The van der Waals surface area contributed by atoms with Crippen molar-refractivity contribution >= 4 is 11.7 Å². The zero-order valence-electron chi connectivity index (χ0n) is 10.1. The van der Waals surface area contributed by atoms with E-state index in [2.05, 4.69) is 20.7 Å². The van der Waals surface area contributed by atoms with Gasteiger partial charge in [-0.05, 0) is 31.1 Å². The zero-order valence-corrected chi connectivity index (χ0v) is 10.1. The summed E-state index contributed by atoms with van der Waals surface area (Å²) in [5, 5.41) is 3.07. The molecule has 2 saturated carbocycles. The molecule has 1 aromatic rings. The molecular formula is C12H17N5O. The molecule has 6 heteroatoms. The van der Waals surface area contributed by atoms with Crippen LogP contribution in [0.3, 0.4) is 0 Å². The highest BCUT2D eigenvalue weighted by molar-refractivity contribution is 5.92. The summed E-state index contributed by atoms with van der Waals surface area (Å²) in [6.07, 6.45) is 7.86. The summed E-state index contributed by atoms with van der Waals surface area (Å²) in [7, 11) is 0. The number of hydrogen-bond acceptors (Lipinski definition) is 5. The van der Waals surface area contributed by atoms with E-state index in [1.165, 1.54) is 31.7 Å². The minimum atomic E-state index is -0.136. The van der Waals surface area contributed by atoms with Gasteiger partial charge in [-0.2, -0.15) is 0 Å². The number of rotatable bonds is 3. The Balaban J connectivity index is 1.64. The van der Waals surface area contributed by atoms with Crippen LogP contribution in [0.25, 0.3) is 0 Å². The van der Waals surface area contributed by atoms with E-state index in [1.807, 2.05) is 0 Å². The van der Waals surface area contributed by atoms with Crippen LogP contribution >= 0.6 is 0 Å². The number of nitrogen functional groups attached to an aromatic ring is 1. The van der Waals surface area contributed by atoms with Gasteiger partial charge in [-0.15, -0.1) is 0 Å². The van der Waals surface area contributed by atoms with Gasteiger partial charge in [0, 0.05) is 6.04 Å². The van der Waals surface area contributed by atoms with Crippen LogP contribution in [0, 0.1) is 11.8 Å². The quantitative estimate of drug-likeness (QED) is 0.539. The molecule has 0 aliphatic heterocycles. The molecule has 1 heterocycles. The van der Waals surface area contributed by atoms with Gasteiger partial charge in [-0.1, -0.05) is 6.42 Å². The molecular weight excluding hydrogens is 230 g/mol. The lowest BCUT2D eigenvalue weighted by atomic mass is 9.95. The largest absolute Gasteiger partial charge is 0.348 e. The number of hydrazine groups is 1. The molecule has 1 amide bonds. The number of anilines is 1. The first-order valence-electron chi connectivity index (χ1n) is 6.36. The number of carbonyl (C=O) groups excluding carboxylic acids is 1. The van der Waals surface area contributed by atoms with Gasteiger partial charge in [0.15, 0.2) is 5.82 Å². The maximum absolute atomic E-state index is 12.0. The van der Waals surface area contributed by atoms with Crippen LogP contribution < -0.4 is 16.6 Å². The van der Waals surface area contributed by atoms with Crippen molar-refractivity contribution in [1.29, 1.82) is 0 Å². The monoisotopic (exact) mass is 247 g/mol. The van der Waals surface area contributed by atoms with Crippen LogP contribution in [0.15, 0.2) is 12.4 Å². The summed E-state index contributed by atoms with van der Waals surface area (Å²) in [6, 6.07) is 0.324. The maximum atomic E-state index is 12.0. The van der Waals surface area contributed by atoms with Crippen LogP contribution in [0.2, 0.25) is 0 Å². The van der Waals surface area contributed by atoms with E-state index in [4.69, 9.17) is 5.84 Å². The minimum Gasteiger partial charge on any atom is -0.348 e. The average molecular weight is 247 g/mol. The SMILES string of the molecule is NNc1cnc(C(=O)NC2CC3CCC2C3)cn1. The lowest BCUT2D eigenvalue weighted by molar-refractivity contribution is 0.0917. The Kier molecular flexibility index (Phi) is 2.87. The first-order chi connectivity index (χ1) is 8.76. The fraction of sp³-hybridized carbons (Fsp3) is 0.583. The van der Waals surface area contributed by atoms with Crippen LogP contribution in [-0.2, 0) is 0 Å². The van der Waals surface area contributed by atoms with Crippen molar-refractivity contribution in [2.24, 2.45) is 17.7 Å². The lowest BCUT2D eigenvalue weighted by Gasteiger charge is -2.22. The fourth-order valence-corrected chi connectivity index (χ4v) is 3.18. The van der Waals surface area contributed by atoms with Crippen molar-refractivity contribution < 1.29 is 4.79 Å². The number of nitrogens with one attached hydrogen (secondary N) is 2. The number of fused-ring (bicyclic) bond motifs is 2. The van der Waals surface area contributed by atoms with E-state index >= 15 is 0 Å². The highest BCUT2D eigenvalue weighted by Gasteiger charge is 2.40. The fourth-order valence-electron chi connectivity index (χ4n) is 3.18. The summed E-state index contributed by atoms with van der Waals surface area (Å²) >= 11 is 0. The molecule has 0 aromatic carbocycles. The van der Waals surface area contributed by atoms with Crippen molar-refractivity contribution in [1.82, 2.24) is 15.3 Å². The number of aromatic nitrogens is 2. The summed E-state index contributed by atoms with van der Waals surface area (Å²) in [6.45, 7) is 0. The van der Waals surface area contributed by atoms with E-state index < -0.39 is 0 Å². The Morgan fingerprint density at radius 2 is 2.17 bits per heavy atom. The minimum absolute atomic E-state index is 0.136. The maximum Gasteiger partial charge on any atom is 0.271 e. The molecule has 6 nitrogen and oxygen atoms in total. The molecule has 96 valence electrons. The number of nitrogens with zero attached hydrogens (tertiary/aromatic N) is 2. The molecule has 0 saturated heterocycles. The Labute approximate surface area is 105 Å². The van der Waals surface area contributed by atoms with Gasteiger partial charge < -0.3 is 10.7 Å². The molecule has 2 bridgehead atoms. The topological polar surface area (TPSA) is 92.9 Å². The van der Waals surface area contributed by atoms with Crippen molar-refractivity contribution in [2.75, 3.05) is 5.43 Å². The van der Waals surface area contributed by atoms with Gasteiger partial charge >= 0.3 is 0 Å². The first-order valence-corrected chi connectivity index (χ1v) is 6.36. The van der Waals surface area contributed by atoms with E-state index in [9.17, 15) is 4.79 Å². The Morgan fingerprint density at radius 1 is 1.28 bits per heavy atom. The van der Waals surface area contributed by atoms with Gasteiger partial charge in [-0.3, -0.25) is 4.79 Å². The summed E-state index contributed by atoms with van der Waals surface area (Å²) in [5.41, 5.74) is 2.73.